The molecule has 3 N–H and O–H groups in total. The van der Waals surface area contributed by atoms with Gasteiger partial charge in [-0.05, 0) is 38.0 Å². The minimum Gasteiger partial charge on any atom is -0.484 e. The normalized spacial score (nSPS) is 11.8. The topological polar surface area (TPSA) is 131 Å². The monoisotopic (exact) mass is 479 g/mol. The number of nitrogens with zero attached hydrogens (tertiary/aromatic N) is 2. The molecule has 3 aromatic rings. The molecule has 0 saturated heterocycles. The molecule has 0 aliphatic heterocycles. The van der Waals surface area contributed by atoms with Gasteiger partial charge in [-0.3, -0.25) is 30.0 Å². The molecule has 0 saturated carbocycles. The molecule has 1 aromatic heterocycles. The highest BCUT2D eigenvalue weighted by molar-refractivity contribution is 6.05. The van der Waals surface area contributed by atoms with Crippen LogP contribution < -0.4 is 26.5 Å². The zero-order valence-corrected chi connectivity index (χ0v) is 20.1. The van der Waals surface area contributed by atoms with Crippen LogP contribution in [-0.4, -0.2) is 40.2 Å². The zero-order valence-electron chi connectivity index (χ0n) is 20.1. The second kappa shape index (κ2) is 11.3. The number of ether oxygens (including phenoxy) is 1. The Labute approximate surface area is 202 Å². The van der Waals surface area contributed by atoms with Gasteiger partial charge in [-0.1, -0.05) is 50.2 Å². The SMILES string of the molecule is CC(C)[C@@H](NC(=O)COc1ccccc1)C(=O)NNC(=O)c1nn(C(C)C)c(=O)c2ccccc12. The van der Waals surface area contributed by atoms with Crippen LogP contribution >= 0.6 is 0 Å². The Bertz CT molecular complexity index is 1270. The van der Waals surface area contributed by atoms with Crippen LogP contribution in [0.4, 0.5) is 0 Å². The predicted octanol–water partition coefficient (Wildman–Crippen LogP) is 1.96. The van der Waals surface area contributed by atoms with Gasteiger partial charge in [0.05, 0.1) is 11.4 Å². The van der Waals surface area contributed by atoms with Gasteiger partial charge in [-0.2, -0.15) is 5.10 Å². The molecule has 0 bridgehead atoms. The summed E-state index contributed by atoms with van der Waals surface area (Å²) in [5, 5.41) is 7.55. The smallest absolute Gasteiger partial charge is 0.290 e. The number of hydrazine groups is 1. The Morgan fingerprint density at radius 1 is 0.914 bits per heavy atom. The molecule has 2 aromatic carbocycles. The summed E-state index contributed by atoms with van der Waals surface area (Å²) in [6.07, 6.45) is 0. The minimum atomic E-state index is -0.920. The molecule has 1 atom stereocenters. The van der Waals surface area contributed by atoms with Gasteiger partial charge in [-0.15, -0.1) is 0 Å². The molecule has 0 aliphatic rings. The summed E-state index contributed by atoms with van der Waals surface area (Å²) >= 11 is 0. The van der Waals surface area contributed by atoms with Crippen molar-refractivity contribution in [1.29, 1.82) is 0 Å². The fraction of sp³-hybridized carbons (Fsp3) is 0.320. The number of carbonyl (C=O) groups excluding carboxylic acids is 3. The van der Waals surface area contributed by atoms with Gasteiger partial charge in [0.25, 0.3) is 23.3 Å². The van der Waals surface area contributed by atoms with Gasteiger partial charge >= 0.3 is 0 Å². The van der Waals surface area contributed by atoms with Crippen LogP contribution in [0.5, 0.6) is 5.75 Å². The van der Waals surface area contributed by atoms with E-state index in [1.807, 2.05) is 6.07 Å². The number of amides is 3. The summed E-state index contributed by atoms with van der Waals surface area (Å²) in [5.41, 5.74) is 4.38. The maximum Gasteiger partial charge on any atom is 0.290 e. The number of hydrogen-bond donors (Lipinski definition) is 3. The zero-order chi connectivity index (χ0) is 25.5. The number of fused-ring (bicyclic) bond motifs is 1. The predicted molar refractivity (Wildman–Crippen MR) is 131 cm³/mol. The van der Waals surface area contributed by atoms with E-state index in [1.165, 1.54) is 4.68 Å². The van der Waals surface area contributed by atoms with Gasteiger partial charge in [0.2, 0.25) is 0 Å². The highest BCUT2D eigenvalue weighted by Crippen LogP contribution is 2.14. The lowest BCUT2D eigenvalue weighted by molar-refractivity contribution is -0.131. The fourth-order valence-corrected chi connectivity index (χ4v) is 3.40. The molecule has 3 rings (SSSR count). The quantitative estimate of drug-likeness (QED) is 0.423. The van der Waals surface area contributed by atoms with Gasteiger partial charge in [0, 0.05) is 5.39 Å². The van der Waals surface area contributed by atoms with E-state index in [1.54, 1.807) is 76.2 Å². The second-order valence-electron chi connectivity index (χ2n) is 8.57. The largest absolute Gasteiger partial charge is 0.484 e. The molecule has 0 radical (unpaired) electrons. The Hall–Kier alpha value is -4.21. The van der Waals surface area contributed by atoms with Crippen LogP contribution in [0.3, 0.4) is 0 Å². The lowest BCUT2D eigenvalue weighted by Gasteiger charge is -2.22. The molecule has 0 spiro atoms. The van der Waals surface area contributed by atoms with E-state index in [-0.39, 0.29) is 29.8 Å². The van der Waals surface area contributed by atoms with Crippen molar-refractivity contribution in [2.75, 3.05) is 6.61 Å². The van der Waals surface area contributed by atoms with Crippen molar-refractivity contribution in [1.82, 2.24) is 25.9 Å². The van der Waals surface area contributed by atoms with Crippen LogP contribution in [0.25, 0.3) is 10.8 Å². The highest BCUT2D eigenvalue weighted by Gasteiger charge is 2.26. The number of benzene rings is 2. The summed E-state index contributed by atoms with van der Waals surface area (Å²) in [7, 11) is 0. The summed E-state index contributed by atoms with van der Waals surface area (Å²) in [4.78, 5) is 50.7. The van der Waals surface area contributed by atoms with Crippen molar-refractivity contribution in [3.63, 3.8) is 0 Å². The van der Waals surface area contributed by atoms with E-state index in [9.17, 15) is 19.2 Å². The summed E-state index contributed by atoms with van der Waals surface area (Å²) in [6, 6.07) is 14.3. The van der Waals surface area contributed by atoms with E-state index in [2.05, 4.69) is 21.3 Å². The van der Waals surface area contributed by atoms with Crippen molar-refractivity contribution in [2.45, 2.75) is 39.8 Å². The molecule has 3 amide bonds. The molecular weight excluding hydrogens is 450 g/mol. The number of aromatic nitrogens is 2. The number of rotatable bonds is 8. The Kier molecular flexibility index (Phi) is 8.19. The van der Waals surface area contributed by atoms with E-state index in [4.69, 9.17) is 4.74 Å². The minimum absolute atomic E-state index is 0.00408. The number of hydrogen-bond acceptors (Lipinski definition) is 6. The number of para-hydroxylation sites is 1. The molecule has 184 valence electrons. The summed E-state index contributed by atoms with van der Waals surface area (Å²) < 4.78 is 6.64. The highest BCUT2D eigenvalue weighted by atomic mass is 16.5. The van der Waals surface area contributed by atoms with Crippen LogP contribution in [0.2, 0.25) is 0 Å². The average molecular weight is 480 g/mol. The third-order valence-corrected chi connectivity index (χ3v) is 5.21. The number of carbonyl (C=O) groups is 3. The third-order valence-electron chi connectivity index (χ3n) is 5.21. The van der Waals surface area contributed by atoms with Crippen LogP contribution in [-0.2, 0) is 9.59 Å². The maximum absolute atomic E-state index is 12.9. The third kappa shape index (κ3) is 6.23. The molecule has 10 nitrogen and oxygen atoms in total. The van der Waals surface area contributed by atoms with Gasteiger partial charge in [0.15, 0.2) is 12.3 Å². The van der Waals surface area contributed by atoms with Crippen LogP contribution in [0.1, 0.15) is 44.2 Å². The average Bonchev–Trinajstić information content (AvgIpc) is 2.85. The second-order valence-corrected chi connectivity index (χ2v) is 8.57. The van der Waals surface area contributed by atoms with E-state index in [0.717, 1.165) is 0 Å². The van der Waals surface area contributed by atoms with Crippen molar-refractivity contribution in [3.05, 3.63) is 70.6 Å². The molecule has 35 heavy (non-hydrogen) atoms. The van der Waals surface area contributed by atoms with Crippen LogP contribution in [0, 0.1) is 5.92 Å². The van der Waals surface area contributed by atoms with Crippen LogP contribution in [0.15, 0.2) is 59.4 Å². The standard InChI is InChI=1S/C25H29N5O5/c1-15(2)21(26-20(31)14-35-17-10-6-5-7-11-17)23(32)27-28-24(33)22-18-12-8-9-13-19(18)25(34)30(29-22)16(3)4/h5-13,15-16,21H,14H2,1-4H3,(H,26,31)(H,27,32)(H,28,33)/t21-/m1/s1. The maximum atomic E-state index is 12.9. The Morgan fingerprint density at radius 3 is 2.17 bits per heavy atom. The molecule has 10 heteroatoms. The lowest BCUT2D eigenvalue weighted by Crippen LogP contribution is -2.55. The van der Waals surface area contributed by atoms with Crippen molar-refractivity contribution >= 4 is 28.5 Å². The summed E-state index contributed by atoms with van der Waals surface area (Å²) in [6.45, 7) is 6.82. The first-order chi connectivity index (χ1) is 16.7. The number of nitrogens with one attached hydrogen (secondary N) is 3. The van der Waals surface area contributed by atoms with E-state index >= 15 is 0 Å². The van der Waals surface area contributed by atoms with Crippen molar-refractivity contribution in [3.8, 4) is 5.75 Å². The Balaban J connectivity index is 1.68. The molecule has 0 unspecified atom stereocenters. The Morgan fingerprint density at radius 2 is 1.54 bits per heavy atom. The van der Waals surface area contributed by atoms with E-state index < -0.39 is 23.8 Å². The van der Waals surface area contributed by atoms with Crippen molar-refractivity contribution in [2.24, 2.45) is 5.92 Å². The molecule has 1 heterocycles. The van der Waals surface area contributed by atoms with Gasteiger partial charge < -0.3 is 10.1 Å². The molecule has 0 aliphatic carbocycles. The molecule has 0 fully saturated rings. The lowest BCUT2D eigenvalue weighted by atomic mass is 10.0. The summed E-state index contributed by atoms with van der Waals surface area (Å²) in [5.74, 6) is -1.52. The first kappa shape index (κ1) is 25.4. The fourth-order valence-electron chi connectivity index (χ4n) is 3.40. The van der Waals surface area contributed by atoms with E-state index in [0.29, 0.717) is 16.5 Å². The van der Waals surface area contributed by atoms with Crippen molar-refractivity contribution < 1.29 is 19.1 Å². The first-order valence-electron chi connectivity index (χ1n) is 11.3. The van der Waals surface area contributed by atoms with Gasteiger partial charge in [-0.25, -0.2) is 4.68 Å². The van der Waals surface area contributed by atoms with Gasteiger partial charge in [0.1, 0.15) is 11.8 Å². The molecular formula is C25H29N5O5. The first-order valence-corrected chi connectivity index (χ1v) is 11.3.